The van der Waals surface area contributed by atoms with Gasteiger partial charge in [-0.2, -0.15) is 15.0 Å². The van der Waals surface area contributed by atoms with Gasteiger partial charge in [-0.3, -0.25) is 0 Å². The van der Waals surface area contributed by atoms with Crippen LogP contribution < -0.4 is 10.6 Å². The van der Waals surface area contributed by atoms with Gasteiger partial charge in [-0.25, -0.2) is 9.67 Å². The van der Waals surface area contributed by atoms with Crippen molar-refractivity contribution in [3.8, 4) is 51.2 Å². The highest BCUT2D eigenvalue weighted by Gasteiger charge is 2.19. The molecule has 0 saturated heterocycles. The molecule has 0 amide bonds. The molecule has 10 nitrogen and oxygen atoms in total. The zero-order chi connectivity index (χ0) is 30.5. The number of anilines is 2. The molecule has 2 N–H and O–H groups in total. The monoisotopic (exact) mass is 585 g/mol. The molecule has 6 rings (SSSR count). The van der Waals surface area contributed by atoms with Crippen LogP contribution in [-0.4, -0.2) is 48.0 Å². The molecule has 0 spiro atoms. The summed E-state index contributed by atoms with van der Waals surface area (Å²) in [7, 11) is 0. The van der Waals surface area contributed by atoms with E-state index < -0.39 is 0 Å². The highest BCUT2D eigenvalue weighted by Crippen LogP contribution is 2.36. The van der Waals surface area contributed by atoms with E-state index in [0.29, 0.717) is 41.1 Å². The molecule has 3 aromatic carbocycles. The minimum atomic E-state index is 0.437. The quantitative estimate of drug-likeness (QED) is 0.162. The third kappa shape index (κ3) is 6.64. The summed E-state index contributed by atoms with van der Waals surface area (Å²) in [5.74, 6) is 3.55. The Morgan fingerprint density at radius 3 is 1.93 bits per heavy atom. The summed E-state index contributed by atoms with van der Waals surface area (Å²) in [6.07, 6.45) is 1.81. The first-order valence-electron chi connectivity index (χ1n) is 14.8. The average molecular weight is 586 g/mol. The molecule has 44 heavy (non-hydrogen) atoms. The van der Waals surface area contributed by atoms with Gasteiger partial charge in [0.05, 0.1) is 11.9 Å². The molecule has 222 valence electrons. The Balaban J connectivity index is 1.33. The summed E-state index contributed by atoms with van der Waals surface area (Å²) < 4.78 is 8.11. The number of rotatable bonds is 11. The molecular formula is C34H35N9O. The second-order valence-corrected chi connectivity index (χ2v) is 11.4. The Morgan fingerprint density at radius 1 is 0.682 bits per heavy atom. The number of hydrogen-bond acceptors (Lipinski definition) is 9. The molecule has 0 fully saturated rings. The second kappa shape index (κ2) is 12.9. The van der Waals surface area contributed by atoms with Crippen LogP contribution in [0.3, 0.4) is 0 Å². The fourth-order valence-electron chi connectivity index (χ4n) is 4.53. The van der Waals surface area contributed by atoms with E-state index in [4.69, 9.17) is 9.40 Å². The summed E-state index contributed by atoms with van der Waals surface area (Å²) in [6, 6.07) is 28.0. The number of nitrogens with zero attached hydrogens (tertiary/aromatic N) is 7. The summed E-state index contributed by atoms with van der Waals surface area (Å²) >= 11 is 0. The van der Waals surface area contributed by atoms with Crippen molar-refractivity contribution in [3.63, 3.8) is 0 Å². The van der Waals surface area contributed by atoms with E-state index in [0.717, 1.165) is 46.9 Å². The van der Waals surface area contributed by atoms with Crippen LogP contribution in [0.1, 0.15) is 27.7 Å². The van der Waals surface area contributed by atoms with Crippen LogP contribution >= 0.6 is 0 Å². The fraction of sp³-hybridized carbons (Fsp3) is 0.235. The molecule has 0 aliphatic carbocycles. The summed E-state index contributed by atoms with van der Waals surface area (Å²) in [5, 5.41) is 15.4. The minimum absolute atomic E-state index is 0.437. The lowest BCUT2D eigenvalue weighted by Crippen LogP contribution is -2.15. The largest absolute Gasteiger partial charge is 0.435 e. The van der Waals surface area contributed by atoms with Gasteiger partial charge in [-0.1, -0.05) is 99.6 Å². The van der Waals surface area contributed by atoms with E-state index in [1.165, 1.54) is 0 Å². The van der Waals surface area contributed by atoms with Crippen LogP contribution in [0.25, 0.3) is 51.2 Å². The van der Waals surface area contributed by atoms with Gasteiger partial charge in [0, 0.05) is 29.8 Å². The Bertz CT molecular complexity index is 1740. The third-order valence-corrected chi connectivity index (χ3v) is 6.76. The normalized spacial score (nSPS) is 11.3. The molecular weight excluding hydrogens is 550 g/mol. The maximum absolute atomic E-state index is 6.42. The first kappa shape index (κ1) is 28.7. The number of nitrogens with one attached hydrogen (secondary N) is 2. The van der Waals surface area contributed by atoms with E-state index in [9.17, 15) is 0 Å². The molecule has 0 unspecified atom stereocenters. The maximum atomic E-state index is 6.42. The van der Waals surface area contributed by atoms with Crippen molar-refractivity contribution >= 4 is 11.9 Å². The summed E-state index contributed by atoms with van der Waals surface area (Å²) in [4.78, 5) is 18.8. The van der Waals surface area contributed by atoms with Gasteiger partial charge >= 0.3 is 0 Å². The molecule has 3 heterocycles. The Kier molecular flexibility index (Phi) is 8.40. The molecule has 0 radical (unpaired) electrons. The van der Waals surface area contributed by atoms with Crippen molar-refractivity contribution in [2.45, 2.75) is 27.7 Å². The van der Waals surface area contributed by atoms with Crippen molar-refractivity contribution in [1.29, 1.82) is 0 Å². The molecule has 0 atom stereocenters. The average Bonchev–Trinajstić information content (AvgIpc) is 3.73. The molecule has 3 aromatic heterocycles. The van der Waals surface area contributed by atoms with Crippen molar-refractivity contribution in [1.82, 2.24) is 34.9 Å². The predicted molar refractivity (Wildman–Crippen MR) is 173 cm³/mol. The lowest BCUT2D eigenvalue weighted by atomic mass is 10.1. The lowest BCUT2D eigenvalue weighted by Gasteiger charge is -2.11. The SMILES string of the molecule is CC(C)CNc1nc(NCC(C)C)nc(-c2cn(-c3cccc(-c4nc(-c5ccccc5)c(-c5ccccc5)o4)c3)nn2)n1. The zero-order valence-electron chi connectivity index (χ0n) is 25.3. The molecule has 10 heteroatoms. The van der Waals surface area contributed by atoms with Crippen molar-refractivity contribution in [3.05, 3.63) is 91.1 Å². The summed E-state index contributed by atoms with van der Waals surface area (Å²) in [6.45, 7) is 10.0. The number of hydrogen-bond donors (Lipinski definition) is 2. The molecule has 0 saturated carbocycles. The Morgan fingerprint density at radius 2 is 1.30 bits per heavy atom. The maximum Gasteiger partial charge on any atom is 0.228 e. The predicted octanol–water partition coefficient (Wildman–Crippen LogP) is 7.24. The number of oxazole rings is 1. The Hall–Kier alpha value is -5.38. The molecule has 0 bridgehead atoms. The van der Waals surface area contributed by atoms with Crippen LogP contribution in [-0.2, 0) is 0 Å². The molecule has 0 aliphatic rings. The minimum Gasteiger partial charge on any atom is -0.435 e. The van der Waals surface area contributed by atoms with Gasteiger partial charge in [0.1, 0.15) is 5.69 Å². The number of aromatic nitrogens is 7. The topological polar surface area (TPSA) is 119 Å². The number of benzene rings is 3. The molecule has 0 aliphatic heterocycles. The second-order valence-electron chi connectivity index (χ2n) is 11.4. The van der Waals surface area contributed by atoms with Gasteiger partial charge < -0.3 is 15.1 Å². The lowest BCUT2D eigenvalue weighted by molar-refractivity contribution is 0.589. The van der Waals surface area contributed by atoms with Crippen molar-refractivity contribution in [2.24, 2.45) is 11.8 Å². The highest BCUT2D eigenvalue weighted by atomic mass is 16.4. The van der Waals surface area contributed by atoms with Crippen molar-refractivity contribution in [2.75, 3.05) is 23.7 Å². The van der Waals surface area contributed by atoms with Crippen LogP contribution in [0, 0.1) is 11.8 Å². The van der Waals surface area contributed by atoms with Gasteiger partial charge in [-0.05, 0) is 30.0 Å². The smallest absolute Gasteiger partial charge is 0.228 e. The van der Waals surface area contributed by atoms with Crippen molar-refractivity contribution < 1.29 is 4.42 Å². The van der Waals surface area contributed by atoms with Crippen LogP contribution in [0.5, 0.6) is 0 Å². The molecule has 6 aromatic rings. The van der Waals surface area contributed by atoms with E-state index in [2.05, 4.69) is 63.6 Å². The van der Waals surface area contributed by atoms with E-state index in [1.807, 2.05) is 91.1 Å². The fourth-order valence-corrected chi connectivity index (χ4v) is 4.53. The zero-order valence-corrected chi connectivity index (χ0v) is 25.3. The van der Waals surface area contributed by atoms with Crippen LogP contribution in [0.4, 0.5) is 11.9 Å². The third-order valence-electron chi connectivity index (χ3n) is 6.76. The van der Waals surface area contributed by atoms with E-state index in [-0.39, 0.29) is 0 Å². The highest BCUT2D eigenvalue weighted by molar-refractivity contribution is 5.79. The van der Waals surface area contributed by atoms with E-state index in [1.54, 1.807) is 4.68 Å². The summed E-state index contributed by atoms with van der Waals surface area (Å²) in [5.41, 5.74) is 4.89. The van der Waals surface area contributed by atoms with E-state index >= 15 is 0 Å². The standard InChI is InChI=1S/C34H35N9O/c1-22(2)19-35-33-38-31(39-34(40-33)36-20-23(3)4)28-21-43(42-41-28)27-17-11-16-26(18-27)32-37-29(24-12-7-5-8-13-24)30(44-32)25-14-9-6-10-15-25/h5-18,21-23H,19-20H2,1-4H3,(H2,35,36,38,39,40). The van der Waals surface area contributed by atoms with Crippen LogP contribution in [0.15, 0.2) is 95.5 Å². The van der Waals surface area contributed by atoms with Crippen LogP contribution in [0.2, 0.25) is 0 Å². The van der Waals surface area contributed by atoms with Gasteiger partial charge in [0.15, 0.2) is 17.3 Å². The van der Waals surface area contributed by atoms with Gasteiger partial charge in [-0.15, -0.1) is 5.10 Å². The Labute approximate surface area is 256 Å². The first-order valence-corrected chi connectivity index (χ1v) is 14.8. The first-order chi connectivity index (χ1) is 21.4. The van der Waals surface area contributed by atoms with Gasteiger partial charge in [0.25, 0.3) is 0 Å². The van der Waals surface area contributed by atoms with Gasteiger partial charge in [0.2, 0.25) is 17.8 Å².